The lowest BCUT2D eigenvalue weighted by molar-refractivity contribution is -0.133. The van der Waals surface area contributed by atoms with E-state index in [0.717, 1.165) is 19.4 Å². The van der Waals surface area contributed by atoms with Gasteiger partial charge in [-0.2, -0.15) is 0 Å². The third-order valence-electron chi connectivity index (χ3n) is 3.61. The first-order chi connectivity index (χ1) is 9.46. The van der Waals surface area contributed by atoms with E-state index >= 15 is 0 Å². The molecule has 1 aromatic rings. The Kier molecular flexibility index (Phi) is 4.64. The normalized spacial score (nSPS) is 19.8. The van der Waals surface area contributed by atoms with Crippen LogP contribution in [0.2, 0.25) is 0 Å². The van der Waals surface area contributed by atoms with Crippen LogP contribution in [-0.4, -0.2) is 23.4 Å². The first-order valence-electron chi connectivity index (χ1n) is 7.48. The van der Waals surface area contributed by atoms with Gasteiger partial charge in [-0.1, -0.05) is 63.3 Å². The summed E-state index contributed by atoms with van der Waals surface area (Å²) in [4.78, 5) is 14.4. The Morgan fingerprint density at radius 1 is 1.30 bits per heavy atom. The van der Waals surface area contributed by atoms with Gasteiger partial charge in [0.2, 0.25) is 5.91 Å². The average molecular weight is 271 g/mol. The second kappa shape index (κ2) is 6.25. The van der Waals surface area contributed by atoms with Crippen LogP contribution in [-0.2, 0) is 4.79 Å². The summed E-state index contributed by atoms with van der Waals surface area (Å²) in [7, 11) is 0. The summed E-state index contributed by atoms with van der Waals surface area (Å²) in [6.07, 6.45) is 7.14. The van der Waals surface area contributed by atoms with Crippen molar-refractivity contribution in [1.29, 1.82) is 0 Å². The van der Waals surface area contributed by atoms with E-state index in [-0.39, 0.29) is 17.4 Å². The molecule has 1 unspecified atom stereocenters. The molecule has 0 spiro atoms. The topological polar surface area (TPSA) is 20.3 Å². The molecule has 0 saturated carbocycles. The zero-order chi connectivity index (χ0) is 14.6. The molecule has 0 aromatic heterocycles. The van der Waals surface area contributed by atoms with Crippen LogP contribution in [0.15, 0.2) is 36.4 Å². The standard InChI is InChI=1S/C18H25NO/c1-18(2,3)14-17(20)19-13-7-10-16(19)12-11-15-8-5-4-6-9-15/h4-6,8-9,11-12,16H,7,10,13-14H2,1-3H3/b12-11+. The molecule has 1 aliphatic heterocycles. The number of carbonyl (C=O) groups excluding carboxylic acids is 1. The Morgan fingerprint density at radius 2 is 2.00 bits per heavy atom. The summed E-state index contributed by atoms with van der Waals surface area (Å²) in [5, 5.41) is 0. The summed E-state index contributed by atoms with van der Waals surface area (Å²) in [5.74, 6) is 0.290. The molecule has 108 valence electrons. The highest BCUT2D eigenvalue weighted by Crippen LogP contribution is 2.25. The molecule has 2 heteroatoms. The minimum Gasteiger partial charge on any atom is -0.336 e. The van der Waals surface area contributed by atoms with E-state index in [1.54, 1.807) is 0 Å². The maximum Gasteiger partial charge on any atom is 0.223 e. The Morgan fingerprint density at radius 3 is 2.65 bits per heavy atom. The van der Waals surface area contributed by atoms with Crippen LogP contribution in [0.3, 0.4) is 0 Å². The minimum absolute atomic E-state index is 0.0629. The minimum atomic E-state index is 0.0629. The highest BCUT2D eigenvalue weighted by Gasteiger charge is 2.29. The van der Waals surface area contributed by atoms with Crippen molar-refractivity contribution < 1.29 is 4.79 Å². The predicted molar refractivity (Wildman–Crippen MR) is 84.3 cm³/mol. The summed E-state index contributed by atoms with van der Waals surface area (Å²) < 4.78 is 0. The SMILES string of the molecule is CC(C)(C)CC(=O)N1CCCC1/C=C/c1ccccc1. The van der Waals surface area contributed by atoms with Gasteiger partial charge in [-0.25, -0.2) is 0 Å². The first kappa shape index (κ1) is 14.8. The average Bonchev–Trinajstić information content (AvgIpc) is 2.84. The Hall–Kier alpha value is -1.57. The number of hydrogen-bond acceptors (Lipinski definition) is 1. The van der Waals surface area contributed by atoms with Gasteiger partial charge < -0.3 is 4.90 Å². The summed E-state index contributed by atoms with van der Waals surface area (Å²) in [5.41, 5.74) is 1.26. The van der Waals surface area contributed by atoms with Crippen molar-refractivity contribution in [2.45, 2.75) is 46.1 Å². The monoisotopic (exact) mass is 271 g/mol. The lowest BCUT2D eigenvalue weighted by Gasteiger charge is -2.26. The van der Waals surface area contributed by atoms with Crippen LogP contribution in [0.4, 0.5) is 0 Å². The van der Waals surface area contributed by atoms with Gasteiger partial charge in [0.15, 0.2) is 0 Å². The number of likely N-dealkylation sites (tertiary alicyclic amines) is 1. The van der Waals surface area contributed by atoms with Crippen molar-refractivity contribution >= 4 is 12.0 Å². The summed E-state index contributed by atoms with van der Waals surface area (Å²) >= 11 is 0. The highest BCUT2D eigenvalue weighted by molar-refractivity contribution is 5.78. The Bertz CT molecular complexity index is 470. The quantitative estimate of drug-likeness (QED) is 0.809. The molecule has 2 rings (SSSR count). The number of carbonyl (C=O) groups is 1. The maximum atomic E-state index is 12.4. The molecule has 1 fully saturated rings. The molecular weight excluding hydrogens is 246 g/mol. The van der Waals surface area contributed by atoms with Crippen LogP contribution in [0.25, 0.3) is 6.08 Å². The van der Waals surface area contributed by atoms with Crippen molar-refractivity contribution in [2.24, 2.45) is 5.41 Å². The van der Waals surface area contributed by atoms with Gasteiger partial charge in [-0.05, 0) is 23.8 Å². The number of hydrogen-bond donors (Lipinski definition) is 0. The lowest BCUT2D eigenvalue weighted by Crippen LogP contribution is -2.36. The fourth-order valence-electron chi connectivity index (χ4n) is 2.64. The van der Waals surface area contributed by atoms with Crippen molar-refractivity contribution in [3.05, 3.63) is 42.0 Å². The van der Waals surface area contributed by atoms with E-state index in [4.69, 9.17) is 0 Å². The van der Waals surface area contributed by atoms with Crippen LogP contribution >= 0.6 is 0 Å². The molecular formula is C18H25NO. The highest BCUT2D eigenvalue weighted by atomic mass is 16.2. The lowest BCUT2D eigenvalue weighted by atomic mass is 9.91. The van der Waals surface area contributed by atoms with Crippen LogP contribution in [0.5, 0.6) is 0 Å². The largest absolute Gasteiger partial charge is 0.336 e. The van der Waals surface area contributed by atoms with Gasteiger partial charge in [0, 0.05) is 13.0 Å². The second-order valence-electron chi connectivity index (χ2n) is 6.80. The molecule has 1 amide bonds. The molecule has 0 bridgehead atoms. The van der Waals surface area contributed by atoms with Crippen LogP contribution in [0, 0.1) is 5.41 Å². The zero-order valence-electron chi connectivity index (χ0n) is 12.8. The van der Waals surface area contributed by atoms with Crippen molar-refractivity contribution in [3.8, 4) is 0 Å². The van der Waals surface area contributed by atoms with E-state index in [0.29, 0.717) is 6.42 Å². The third kappa shape index (κ3) is 4.22. The maximum absolute atomic E-state index is 12.4. The van der Waals surface area contributed by atoms with E-state index in [1.165, 1.54) is 5.56 Å². The van der Waals surface area contributed by atoms with Gasteiger partial charge in [-0.15, -0.1) is 0 Å². The van der Waals surface area contributed by atoms with E-state index in [2.05, 4.69) is 45.1 Å². The van der Waals surface area contributed by atoms with Crippen LogP contribution < -0.4 is 0 Å². The van der Waals surface area contributed by atoms with E-state index in [1.807, 2.05) is 23.1 Å². The fourth-order valence-corrected chi connectivity index (χ4v) is 2.64. The van der Waals surface area contributed by atoms with Gasteiger partial charge >= 0.3 is 0 Å². The molecule has 1 aromatic carbocycles. The van der Waals surface area contributed by atoms with Gasteiger partial charge in [0.1, 0.15) is 0 Å². The fraction of sp³-hybridized carbons (Fsp3) is 0.500. The molecule has 1 aliphatic rings. The third-order valence-corrected chi connectivity index (χ3v) is 3.61. The zero-order valence-corrected chi connectivity index (χ0v) is 12.8. The molecule has 0 radical (unpaired) electrons. The van der Waals surface area contributed by atoms with E-state index in [9.17, 15) is 4.79 Å². The van der Waals surface area contributed by atoms with Crippen molar-refractivity contribution in [1.82, 2.24) is 4.90 Å². The van der Waals surface area contributed by atoms with Crippen molar-refractivity contribution in [3.63, 3.8) is 0 Å². The molecule has 1 heterocycles. The van der Waals surface area contributed by atoms with Gasteiger partial charge in [0.25, 0.3) is 0 Å². The molecule has 0 N–H and O–H groups in total. The molecule has 0 aliphatic carbocycles. The summed E-state index contributed by atoms with van der Waals surface area (Å²) in [6, 6.07) is 10.5. The molecule has 2 nitrogen and oxygen atoms in total. The van der Waals surface area contributed by atoms with Crippen LogP contribution in [0.1, 0.15) is 45.6 Å². The van der Waals surface area contributed by atoms with Gasteiger partial charge in [-0.3, -0.25) is 4.79 Å². The number of nitrogens with zero attached hydrogens (tertiary/aromatic N) is 1. The predicted octanol–water partition coefficient (Wildman–Crippen LogP) is 4.13. The van der Waals surface area contributed by atoms with Crippen molar-refractivity contribution in [2.75, 3.05) is 6.54 Å². The molecule has 20 heavy (non-hydrogen) atoms. The van der Waals surface area contributed by atoms with E-state index < -0.39 is 0 Å². The Labute approximate surface area is 122 Å². The molecule has 1 atom stereocenters. The molecule has 1 saturated heterocycles. The second-order valence-corrected chi connectivity index (χ2v) is 6.80. The Balaban J connectivity index is 2.01. The smallest absolute Gasteiger partial charge is 0.223 e. The number of amides is 1. The number of benzene rings is 1. The number of rotatable bonds is 3. The summed E-state index contributed by atoms with van der Waals surface area (Å²) in [6.45, 7) is 7.26. The first-order valence-corrected chi connectivity index (χ1v) is 7.48. The van der Waals surface area contributed by atoms with Gasteiger partial charge in [0.05, 0.1) is 6.04 Å².